The molecule has 4 atom stereocenters. The normalized spacial score (nSPS) is 20.6. The van der Waals surface area contributed by atoms with E-state index in [-0.39, 0.29) is 31.3 Å². The Morgan fingerprint density at radius 2 is 1.73 bits per heavy atom. The van der Waals surface area contributed by atoms with E-state index in [2.05, 4.69) is 19.2 Å². The monoisotopic (exact) mass is 536 g/mol. The molecule has 0 aromatic rings. The molecule has 4 unspecified atom stereocenters. The highest BCUT2D eigenvalue weighted by Gasteiger charge is 2.44. The summed E-state index contributed by atoms with van der Waals surface area (Å²) in [6, 6.07) is 0. The molecule has 1 heterocycles. The van der Waals surface area contributed by atoms with Crippen molar-refractivity contribution in [3.05, 3.63) is 0 Å². The van der Waals surface area contributed by atoms with Crippen LogP contribution < -0.4 is 11.1 Å². The molecule has 0 bridgehead atoms. The third-order valence-corrected chi connectivity index (χ3v) is 5.78. The first kappa shape index (κ1) is 34.0. The number of amides is 1. The minimum Gasteiger partial charge on any atom is -0.444 e. The molecule has 0 aromatic heterocycles. The van der Waals surface area contributed by atoms with Gasteiger partial charge >= 0.3 is 6.09 Å². The number of rotatable bonds is 17. The van der Waals surface area contributed by atoms with Crippen molar-refractivity contribution < 1.29 is 43.4 Å². The minimum absolute atomic E-state index is 0.0997. The number of hydrogen-bond donors (Lipinski definition) is 4. The van der Waals surface area contributed by atoms with Crippen LogP contribution in [0.3, 0.4) is 0 Å². The summed E-state index contributed by atoms with van der Waals surface area (Å²) in [4.78, 5) is 12.0. The maximum Gasteiger partial charge on any atom is 0.407 e. The van der Waals surface area contributed by atoms with E-state index < -0.39 is 41.6 Å². The summed E-state index contributed by atoms with van der Waals surface area (Å²) in [5, 5.41) is 22.2. The van der Waals surface area contributed by atoms with Crippen molar-refractivity contribution in [2.75, 3.05) is 39.5 Å². The van der Waals surface area contributed by atoms with Gasteiger partial charge in [-0.1, -0.05) is 13.8 Å². The summed E-state index contributed by atoms with van der Waals surface area (Å²) >= 11 is 0. The Bertz CT molecular complexity index is 679. The summed E-state index contributed by atoms with van der Waals surface area (Å²) in [6.07, 6.45) is -1.93. The molecule has 1 aliphatic rings. The molecule has 11 nitrogen and oxygen atoms in total. The summed E-state index contributed by atoms with van der Waals surface area (Å²) in [5.74, 6) is 0. The molecular weight excluding hydrogens is 484 g/mol. The number of alkyl carbamates (subject to hydrolysis) is 1. The van der Waals surface area contributed by atoms with Crippen molar-refractivity contribution in [2.24, 2.45) is 11.1 Å². The molecule has 0 radical (unpaired) electrons. The van der Waals surface area contributed by atoms with E-state index in [1.807, 2.05) is 48.5 Å². The predicted octanol–water partition coefficient (Wildman–Crippen LogP) is 2.30. The first-order chi connectivity index (χ1) is 16.9. The average molecular weight is 537 g/mol. The van der Waals surface area contributed by atoms with Crippen LogP contribution in [0.25, 0.3) is 0 Å². The molecule has 1 saturated heterocycles. The molecule has 5 N–H and O–H groups in total. The predicted molar refractivity (Wildman–Crippen MR) is 139 cm³/mol. The molecule has 0 spiro atoms. The molecule has 11 heteroatoms. The van der Waals surface area contributed by atoms with Gasteiger partial charge in [0, 0.05) is 13.1 Å². The highest BCUT2D eigenvalue weighted by atomic mass is 16.7. The molecule has 0 aliphatic carbocycles. The van der Waals surface area contributed by atoms with Gasteiger partial charge in [-0.2, -0.15) is 0 Å². The molecular formula is C26H52N2O9. The fourth-order valence-electron chi connectivity index (χ4n) is 4.45. The Hall–Kier alpha value is -1.05. The number of nitrogens with one attached hydrogen (secondary N) is 1. The van der Waals surface area contributed by atoms with Crippen molar-refractivity contribution in [2.45, 2.75) is 117 Å². The van der Waals surface area contributed by atoms with Gasteiger partial charge in [0.2, 0.25) is 0 Å². The van der Waals surface area contributed by atoms with E-state index >= 15 is 0 Å². The lowest BCUT2D eigenvalue weighted by Crippen LogP contribution is -2.57. The third-order valence-electron chi connectivity index (χ3n) is 5.78. The smallest absolute Gasteiger partial charge is 0.407 e. The number of carbonyl (C=O) groups is 1. The molecule has 1 rings (SSSR count). The topological polar surface area (TPSA) is 151 Å². The summed E-state index contributed by atoms with van der Waals surface area (Å²) in [6.45, 7) is 17.9. The molecule has 0 saturated carbocycles. The fraction of sp³-hybridized carbons (Fsp3) is 0.962. The van der Waals surface area contributed by atoms with Crippen LogP contribution in [0.5, 0.6) is 0 Å². The maximum absolute atomic E-state index is 12.0. The largest absolute Gasteiger partial charge is 0.444 e. The number of aliphatic hydroxyl groups excluding tert-OH is 2. The van der Waals surface area contributed by atoms with Crippen LogP contribution in [0.4, 0.5) is 4.79 Å². The fourth-order valence-corrected chi connectivity index (χ4v) is 4.45. The zero-order valence-corrected chi connectivity index (χ0v) is 24.3. The Kier molecular flexibility index (Phi) is 13.2. The van der Waals surface area contributed by atoms with Crippen LogP contribution in [-0.4, -0.2) is 97.4 Å². The van der Waals surface area contributed by atoms with E-state index in [9.17, 15) is 15.0 Å². The van der Waals surface area contributed by atoms with Gasteiger partial charge in [0.25, 0.3) is 0 Å². The highest BCUT2D eigenvalue weighted by molar-refractivity contribution is 5.67. The Labute approximate surface area is 222 Å². The third kappa shape index (κ3) is 13.5. The van der Waals surface area contributed by atoms with Crippen molar-refractivity contribution in [3.8, 4) is 0 Å². The van der Waals surface area contributed by atoms with Gasteiger partial charge < -0.3 is 49.7 Å². The van der Waals surface area contributed by atoms with Crippen molar-refractivity contribution in [1.29, 1.82) is 0 Å². The number of carbonyl (C=O) groups excluding carboxylic acids is 1. The zero-order chi connectivity index (χ0) is 28.5. The van der Waals surface area contributed by atoms with Crippen LogP contribution in [0.2, 0.25) is 0 Å². The number of nitrogens with two attached hydrogens (primary N) is 1. The number of ether oxygens (including phenoxy) is 6. The van der Waals surface area contributed by atoms with Crippen molar-refractivity contribution in [3.63, 3.8) is 0 Å². The molecule has 0 aromatic carbocycles. The van der Waals surface area contributed by atoms with Gasteiger partial charge in [0.1, 0.15) is 12.7 Å². The first-order valence-electron chi connectivity index (χ1n) is 13.0. The van der Waals surface area contributed by atoms with Crippen LogP contribution in [0.1, 0.15) is 75.2 Å². The zero-order valence-electron chi connectivity index (χ0n) is 24.3. The molecule has 1 aliphatic heterocycles. The average Bonchev–Trinajstić information content (AvgIpc) is 2.75. The van der Waals surface area contributed by atoms with Crippen LogP contribution in [0, 0.1) is 5.41 Å². The maximum atomic E-state index is 12.0. The highest BCUT2D eigenvalue weighted by Crippen LogP contribution is 2.37. The molecule has 37 heavy (non-hydrogen) atoms. The Morgan fingerprint density at radius 1 is 1.08 bits per heavy atom. The van der Waals surface area contributed by atoms with Crippen molar-refractivity contribution in [1.82, 2.24) is 5.32 Å². The molecule has 220 valence electrons. The van der Waals surface area contributed by atoms with Crippen LogP contribution in [-0.2, 0) is 28.4 Å². The van der Waals surface area contributed by atoms with E-state index in [0.717, 1.165) is 0 Å². The van der Waals surface area contributed by atoms with E-state index in [1.165, 1.54) is 0 Å². The number of hydrogen-bond acceptors (Lipinski definition) is 10. The van der Waals surface area contributed by atoms with Gasteiger partial charge in [-0.05, 0) is 66.7 Å². The van der Waals surface area contributed by atoms with E-state index in [0.29, 0.717) is 32.5 Å². The van der Waals surface area contributed by atoms with Gasteiger partial charge in [0.15, 0.2) is 12.6 Å². The van der Waals surface area contributed by atoms with Crippen LogP contribution in [0.15, 0.2) is 0 Å². The first-order valence-corrected chi connectivity index (χ1v) is 13.0. The SMILES string of the molecule is CC(C)(CC(CO)OC(CO)OC(C)(C)C)CC(C)(C)OC(COC(=O)NCCN)OC1COC1(C)C. The second-order valence-electron chi connectivity index (χ2n) is 12.5. The van der Waals surface area contributed by atoms with Crippen molar-refractivity contribution >= 4 is 6.09 Å². The second-order valence-corrected chi connectivity index (χ2v) is 12.5. The Balaban J connectivity index is 2.82. The van der Waals surface area contributed by atoms with Crippen LogP contribution >= 0.6 is 0 Å². The quantitative estimate of drug-likeness (QED) is 0.204. The summed E-state index contributed by atoms with van der Waals surface area (Å²) in [7, 11) is 0. The lowest BCUT2D eigenvalue weighted by atomic mass is 9.77. The number of aliphatic hydroxyl groups is 2. The molecule has 1 amide bonds. The van der Waals surface area contributed by atoms with Gasteiger partial charge in [-0.3, -0.25) is 0 Å². The van der Waals surface area contributed by atoms with E-state index in [4.69, 9.17) is 34.2 Å². The minimum atomic E-state index is -0.842. The summed E-state index contributed by atoms with van der Waals surface area (Å²) < 4.78 is 35.0. The molecule has 1 fully saturated rings. The van der Waals surface area contributed by atoms with Gasteiger partial charge in [-0.25, -0.2) is 4.79 Å². The van der Waals surface area contributed by atoms with Gasteiger partial charge in [-0.15, -0.1) is 0 Å². The van der Waals surface area contributed by atoms with E-state index in [1.54, 1.807) is 0 Å². The standard InChI is InChI=1S/C26H52N2O9/c1-23(2,3)36-20(14-30)34-18(13-29)12-24(4,5)17-25(6,7)37-21(16-32-22(31)28-11-10-27)35-19-15-33-26(19,8)9/h18-21,29-30H,10-17,27H2,1-9H3,(H,28,31). The lowest BCUT2D eigenvalue weighted by molar-refractivity contribution is -0.315. The van der Waals surface area contributed by atoms with Gasteiger partial charge in [0.05, 0.1) is 42.7 Å². The Morgan fingerprint density at radius 3 is 2.19 bits per heavy atom. The lowest BCUT2D eigenvalue weighted by Gasteiger charge is -2.46. The second kappa shape index (κ2) is 14.4. The summed E-state index contributed by atoms with van der Waals surface area (Å²) in [5.41, 5.74) is 3.45.